The van der Waals surface area contributed by atoms with E-state index in [1.54, 1.807) is 44.2 Å². The van der Waals surface area contributed by atoms with Crippen molar-refractivity contribution in [2.24, 2.45) is 0 Å². The molecular formula is C19H23FN2O3S. The smallest absolute Gasteiger partial charge is 0.251 e. The third-order valence-corrected chi connectivity index (χ3v) is 6.12. The Hall–Kier alpha value is -2.25. The molecule has 1 amide bonds. The fraction of sp³-hybridized carbons (Fsp3) is 0.316. The van der Waals surface area contributed by atoms with Gasteiger partial charge in [-0.1, -0.05) is 38.1 Å². The molecule has 0 spiro atoms. The lowest BCUT2D eigenvalue weighted by molar-refractivity contribution is 0.0954. The van der Waals surface area contributed by atoms with Crippen LogP contribution in [0.2, 0.25) is 0 Å². The fourth-order valence-electron chi connectivity index (χ4n) is 2.62. The highest BCUT2D eigenvalue weighted by atomic mass is 32.2. The van der Waals surface area contributed by atoms with Crippen molar-refractivity contribution in [2.75, 3.05) is 19.6 Å². The number of hydrogen-bond donors (Lipinski definition) is 1. The molecule has 5 nitrogen and oxygen atoms in total. The summed E-state index contributed by atoms with van der Waals surface area (Å²) in [5.74, 6) is -0.702. The Morgan fingerprint density at radius 2 is 1.77 bits per heavy atom. The van der Waals surface area contributed by atoms with Gasteiger partial charge in [-0.3, -0.25) is 4.79 Å². The summed E-state index contributed by atoms with van der Waals surface area (Å²) in [4.78, 5) is 12.4. The van der Waals surface area contributed by atoms with Gasteiger partial charge in [-0.05, 0) is 36.2 Å². The average Bonchev–Trinajstić information content (AvgIpc) is 2.64. The third-order valence-electron chi connectivity index (χ3n) is 4.08. The zero-order valence-corrected chi connectivity index (χ0v) is 15.7. The van der Waals surface area contributed by atoms with Crippen LogP contribution in [0.5, 0.6) is 0 Å². The number of rotatable bonds is 8. The van der Waals surface area contributed by atoms with E-state index in [1.807, 2.05) is 0 Å². The molecular weight excluding hydrogens is 355 g/mol. The van der Waals surface area contributed by atoms with Gasteiger partial charge in [-0.15, -0.1) is 0 Å². The molecule has 140 valence electrons. The Bertz CT molecular complexity index is 865. The summed E-state index contributed by atoms with van der Waals surface area (Å²) in [6.45, 7) is 4.50. The van der Waals surface area contributed by atoms with Gasteiger partial charge in [0.05, 0.1) is 4.90 Å². The van der Waals surface area contributed by atoms with Gasteiger partial charge in [0.1, 0.15) is 5.82 Å². The number of halogens is 1. The molecule has 2 aromatic rings. The van der Waals surface area contributed by atoms with E-state index in [-0.39, 0.29) is 22.8 Å². The van der Waals surface area contributed by atoms with E-state index in [0.29, 0.717) is 25.1 Å². The molecule has 0 bridgehead atoms. The number of amides is 1. The molecule has 7 heteroatoms. The van der Waals surface area contributed by atoms with E-state index in [9.17, 15) is 17.6 Å². The van der Waals surface area contributed by atoms with E-state index in [0.717, 1.165) is 0 Å². The molecule has 2 rings (SSSR count). The molecule has 0 aromatic heterocycles. The molecule has 0 saturated carbocycles. The average molecular weight is 378 g/mol. The summed E-state index contributed by atoms with van der Waals surface area (Å²) in [7, 11) is -3.62. The minimum atomic E-state index is -3.62. The van der Waals surface area contributed by atoms with Crippen LogP contribution < -0.4 is 5.32 Å². The maximum atomic E-state index is 13.6. The maximum absolute atomic E-state index is 13.6. The number of hydrogen-bond acceptors (Lipinski definition) is 3. The third kappa shape index (κ3) is 4.68. The Balaban J connectivity index is 2.07. The Morgan fingerprint density at radius 1 is 1.08 bits per heavy atom. The number of nitrogens with zero attached hydrogens (tertiary/aromatic N) is 1. The number of carbonyl (C=O) groups is 1. The molecule has 2 aromatic carbocycles. The topological polar surface area (TPSA) is 66.5 Å². The molecule has 0 aliphatic carbocycles. The lowest BCUT2D eigenvalue weighted by atomic mass is 10.1. The van der Waals surface area contributed by atoms with Gasteiger partial charge in [0.15, 0.2) is 0 Å². The highest BCUT2D eigenvalue weighted by Crippen LogP contribution is 2.17. The molecule has 0 aliphatic rings. The van der Waals surface area contributed by atoms with Gasteiger partial charge in [-0.25, -0.2) is 12.8 Å². The zero-order valence-electron chi connectivity index (χ0n) is 14.9. The second kappa shape index (κ2) is 8.91. The molecule has 1 N–H and O–H groups in total. The van der Waals surface area contributed by atoms with Gasteiger partial charge in [0.2, 0.25) is 10.0 Å². The molecule has 0 atom stereocenters. The van der Waals surface area contributed by atoms with E-state index in [4.69, 9.17) is 0 Å². The first-order chi connectivity index (χ1) is 12.4. The van der Waals surface area contributed by atoms with Crippen LogP contribution in [-0.4, -0.2) is 38.3 Å². The summed E-state index contributed by atoms with van der Waals surface area (Å²) in [6, 6.07) is 12.3. The van der Waals surface area contributed by atoms with Crippen LogP contribution in [0.25, 0.3) is 0 Å². The van der Waals surface area contributed by atoms with Crippen molar-refractivity contribution in [1.29, 1.82) is 0 Å². The van der Waals surface area contributed by atoms with E-state index in [1.165, 1.54) is 22.5 Å². The summed E-state index contributed by atoms with van der Waals surface area (Å²) in [6.07, 6.45) is 0.357. The summed E-state index contributed by atoms with van der Waals surface area (Å²) in [5, 5.41) is 2.70. The largest absolute Gasteiger partial charge is 0.352 e. The standard InChI is InChI=1S/C19H23FN2O3S/c1-3-22(4-2)26(24,25)17-10-7-9-16(14-17)19(23)21-13-12-15-8-5-6-11-18(15)20/h5-11,14H,3-4,12-13H2,1-2H3,(H,21,23). The van der Waals surface area contributed by atoms with Crippen LogP contribution in [0.1, 0.15) is 29.8 Å². The minimum Gasteiger partial charge on any atom is -0.352 e. The maximum Gasteiger partial charge on any atom is 0.251 e. The highest BCUT2D eigenvalue weighted by Gasteiger charge is 2.22. The van der Waals surface area contributed by atoms with Crippen molar-refractivity contribution in [2.45, 2.75) is 25.2 Å². The van der Waals surface area contributed by atoms with Crippen molar-refractivity contribution in [3.63, 3.8) is 0 Å². The first-order valence-corrected chi connectivity index (χ1v) is 9.96. The number of carbonyl (C=O) groups excluding carboxylic acids is 1. The van der Waals surface area contributed by atoms with Gasteiger partial charge in [-0.2, -0.15) is 4.31 Å². The predicted molar refractivity (Wildman–Crippen MR) is 99.0 cm³/mol. The second-order valence-electron chi connectivity index (χ2n) is 5.71. The normalized spacial score (nSPS) is 11.5. The van der Waals surface area contributed by atoms with Crippen LogP contribution >= 0.6 is 0 Å². The van der Waals surface area contributed by atoms with Gasteiger partial charge >= 0.3 is 0 Å². The molecule has 0 saturated heterocycles. The Kier molecular flexibility index (Phi) is 6.88. The van der Waals surface area contributed by atoms with Gasteiger partial charge in [0.25, 0.3) is 5.91 Å². The van der Waals surface area contributed by atoms with Crippen molar-refractivity contribution >= 4 is 15.9 Å². The summed E-state index contributed by atoms with van der Waals surface area (Å²) < 4.78 is 40.0. The summed E-state index contributed by atoms with van der Waals surface area (Å²) in [5.41, 5.74) is 0.775. The van der Waals surface area contributed by atoms with Crippen molar-refractivity contribution in [1.82, 2.24) is 9.62 Å². The van der Waals surface area contributed by atoms with Crippen LogP contribution in [0, 0.1) is 5.82 Å². The Labute approximate surface area is 153 Å². The Morgan fingerprint density at radius 3 is 2.42 bits per heavy atom. The van der Waals surface area contributed by atoms with Gasteiger partial charge < -0.3 is 5.32 Å². The first kappa shape index (κ1) is 20.1. The van der Waals surface area contributed by atoms with Crippen LogP contribution in [0.4, 0.5) is 4.39 Å². The number of benzene rings is 2. The zero-order chi connectivity index (χ0) is 19.2. The van der Waals surface area contributed by atoms with Crippen molar-refractivity contribution < 1.29 is 17.6 Å². The fourth-order valence-corrected chi connectivity index (χ4v) is 4.13. The molecule has 0 unspecified atom stereocenters. The van der Waals surface area contributed by atoms with Crippen LogP contribution in [0.3, 0.4) is 0 Å². The van der Waals surface area contributed by atoms with E-state index < -0.39 is 15.9 Å². The molecule has 0 aliphatic heterocycles. The van der Waals surface area contributed by atoms with Crippen molar-refractivity contribution in [3.05, 3.63) is 65.5 Å². The quantitative estimate of drug-likeness (QED) is 0.768. The summed E-state index contributed by atoms with van der Waals surface area (Å²) >= 11 is 0. The molecule has 0 fully saturated rings. The van der Waals surface area contributed by atoms with Crippen LogP contribution in [-0.2, 0) is 16.4 Å². The first-order valence-electron chi connectivity index (χ1n) is 8.52. The monoisotopic (exact) mass is 378 g/mol. The SMILES string of the molecule is CCN(CC)S(=O)(=O)c1cccc(C(=O)NCCc2ccccc2F)c1. The van der Waals surface area contributed by atoms with Gasteiger partial charge in [0, 0.05) is 25.2 Å². The van der Waals surface area contributed by atoms with Crippen LogP contribution in [0.15, 0.2) is 53.4 Å². The molecule has 0 heterocycles. The van der Waals surface area contributed by atoms with E-state index in [2.05, 4.69) is 5.32 Å². The highest BCUT2D eigenvalue weighted by molar-refractivity contribution is 7.89. The van der Waals surface area contributed by atoms with Crippen molar-refractivity contribution in [3.8, 4) is 0 Å². The molecule has 26 heavy (non-hydrogen) atoms. The lowest BCUT2D eigenvalue weighted by Gasteiger charge is -2.18. The molecule has 0 radical (unpaired) electrons. The minimum absolute atomic E-state index is 0.0861. The predicted octanol–water partition coefficient (Wildman–Crippen LogP) is 2.83. The second-order valence-corrected chi connectivity index (χ2v) is 7.65. The lowest BCUT2D eigenvalue weighted by Crippen LogP contribution is -2.31. The number of sulfonamides is 1. The number of nitrogens with one attached hydrogen (secondary N) is 1. The van der Waals surface area contributed by atoms with E-state index >= 15 is 0 Å².